The number of methoxy groups -OCH3 is 1. The second kappa shape index (κ2) is 11.9. The number of amides is 2. The van der Waals surface area contributed by atoms with Gasteiger partial charge >= 0.3 is 0 Å². The molecule has 2 aliphatic heterocycles. The molecular weight excluding hydrogens is 544 g/mol. The summed E-state index contributed by atoms with van der Waals surface area (Å²) in [7, 11) is 3.29. The van der Waals surface area contributed by atoms with Crippen molar-refractivity contribution in [3.05, 3.63) is 86.8 Å². The number of anilines is 2. The van der Waals surface area contributed by atoms with Crippen LogP contribution in [0.15, 0.2) is 70.5 Å². The predicted molar refractivity (Wildman–Crippen MR) is 159 cm³/mol. The van der Waals surface area contributed by atoms with Gasteiger partial charge in [-0.2, -0.15) is 0 Å². The van der Waals surface area contributed by atoms with Gasteiger partial charge in [0.1, 0.15) is 0 Å². The van der Waals surface area contributed by atoms with E-state index in [1.54, 1.807) is 48.2 Å². The number of hydrogen-bond donors (Lipinski definition) is 0. The van der Waals surface area contributed by atoms with Crippen LogP contribution in [0.3, 0.4) is 0 Å². The van der Waals surface area contributed by atoms with E-state index in [2.05, 4.69) is 4.90 Å². The Hall–Kier alpha value is -4.51. The van der Waals surface area contributed by atoms with E-state index in [0.717, 1.165) is 16.1 Å². The van der Waals surface area contributed by atoms with Crippen LogP contribution in [0.2, 0.25) is 0 Å². The summed E-state index contributed by atoms with van der Waals surface area (Å²) in [6.45, 7) is 4.71. The summed E-state index contributed by atoms with van der Waals surface area (Å²) in [5, 5.41) is 10.9. The van der Waals surface area contributed by atoms with Gasteiger partial charge in [-0.05, 0) is 61.0 Å². The average Bonchev–Trinajstić information content (AvgIpc) is 3.00. The maximum Gasteiger partial charge on any atom is 0.269 e. The Balaban J connectivity index is 1.28. The number of nitrogens with zero attached hydrogens (tertiary/aromatic N) is 4. The highest BCUT2D eigenvalue weighted by Crippen LogP contribution is 2.42. The summed E-state index contributed by atoms with van der Waals surface area (Å²) in [5.41, 5.74) is 2.97. The molecule has 0 radical (unpaired) electrons. The summed E-state index contributed by atoms with van der Waals surface area (Å²) in [4.78, 5) is 44.1. The van der Waals surface area contributed by atoms with Gasteiger partial charge in [-0.1, -0.05) is 17.8 Å². The number of carbonyl (C=O) groups is 2. The SMILES string of the molecule is CCOc1ccc(/C=C2/Sc3ccc(C(=O)N4CCN(c5ccc([N+](=O)[O-])cc5)CC4)cc3N(C)C2=O)cc1OC. The van der Waals surface area contributed by atoms with Gasteiger partial charge in [0.15, 0.2) is 11.5 Å². The minimum atomic E-state index is -0.418. The quantitative estimate of drug-likeness (QED) is 0.219. The summed E-state index contributed by atoms with van der Waals surface area (Å²) in [6.07, 6.45) is 1.83. The van der Waals surface area contributed by atoms with Gasteiger partial charge in [-0.3, -0.25) is 19.7 Å². The van der Waals surface area contributed by atoms with Crippen LogP contribution in [0.25, 0.3) is 6.08 Å². The zero-order chi connectivity index (χ0) is 29.1. The number of nitro benzene ring substituents is 1. The molecule has 0 aliphatic carbocycles. The van der Waals surface area contributed by atoms with E-state index in [1.807, 2.05) is 37.3 Å². The third-order valence-electron chi connectivity index (χ3n) is 7.08. The molecule has 3 aromatic rings. The van der Waals surface area contributed by atoms with Crippen LogP contribution in [0.5, 0.6) is 11.5 Å². The van der Waals surface area contributed by atoms with Crippen LogP contribution in [-0.2, 0) is 4.79 Å². The zero-order valence-electron chi connectivity index (χ0n) is 23.0. The maximum absolute atomic E-state index is 13.4. The Morgan fingerprint density at radius 2 is 1.76 bits per heavy atom. The lowest BCUT2D eigenvalue weighted by Gasteiger charge is -2.36. The number of thioether (sulfide) groups is 1. The van der Waals surface area contributed by atoms with Crippen LogP contribution in [0.4, 0.5) is 17.1 Å². The van der Waals surface area contributed by atoms with Crippen molar-refractivity contribution in [3.63, 3.8) is 0 Å². The molecule has 0 unspecified atom stereocenters. The Bertz CT molecular complexity index is 1520. The summed E-state index contributed by atoms with van der Waals surface area (Å²) >= 11 is 1.37. The van der Waals surface area contributed by atoms with Crippen LogP contribution >= 0.6 is 11.8 Å². The van der Waals surface area contributed by atoms with E-state index in [1.165, 1.54) is 23.9 Å². The number of ether oxygens (including phenoxy) is 2. The fourth-order valence-corrected chi connectivity index (χ4v) is 5.96. The van der Waals surface area contributed by atoms with E-state index in [-0.39, 0.29) is 17.5 Å². The predicted octanol–water partition coefficient (Wildman–Crippen LogP) is 5.07. The number of carbonyl (C=O) groups excluding carboxylic acids is 2. The minimum absolute atomic E-state index is 0.0515. The Labute approximate surface area is 242 Å². The number of likely N-dealkylation sites (N-methyl/N-ethyl adjacent to an activating group) is 1. The molecule has 1 fully saturated rings. The lowest BCUT2D eigenvalue weighted by atomic mass is 10.1. The van der Waals surface area contributed by atoms with Crippen molar-refractivity contribution in [1.29, 1.82) is 0 Å². The normalized spacial score (nSPS) is 16.0. The Kier molecular flexibility index (Phi) is 8.16. The third-order valence-corrected chi connectivity index (χ3v) is 8.16. The van der Waals surface area contributed by atoms with Crippen LogP contribution in [-0.4, -0.2) is 68.6 Å². The second-order valence-electron chi connectivity index (χ2n) is 9.55. The number of piperazine rings is 1. The van der Waals surface area contributed by atoms with Gasteiger partial charge in [0, 0.05) is 61.5 Å². The number of hydrogen-bond acceptors (Lipinski definition) is 8. The standard InChI is InChI=1S/C30H30N4O6S/c1-4-40-25-11-5-20(17-26(25)39-3)18-28-30(36)31(2)24-19-21(6-12-27(24)41-28)29(35)33-15-13-32(14-16-33)22-7-9-23(10-8-22)34(37)38/h5-12,17-19H,4,13-16H2,1-3H3/b28-18+. The number of fused-ring (bicyclic) bond motifs is 1. The molecule has 0 bridgehead atoms. The van der Waals surface area contributed by atoms with Crippen LogP contribution in [0, 0.1) is 10.1 Å². The first-order valence-corrected chi connectivity index (χ1v) is 14.0. The first-order chi connectivity index (χ1) is 19.8. The highest BCUT2D eigenvalue weighted by atomic mass is 32.2. The molecule has 0 atom stereocenters. The Morgan fingerprint density at radius 3 is 2.41 bits per heavy atom. The molecule has 0 saturated carbocycles. The average molecular weight is 575 g/mol. The summed E-state index contributed by atoms with van der Waals surface area (Å²) in [6, 6.07) is 17.5. The molecule has 2 aliphatic rings. The molecule has 212 valence electrons. The smallest absolute Gasteiger partial charge is 0.269 e. The molecule has 41 heavy (non-hydrogen) atoms. The van der Waals surface area contributed by atoms with Gasteiger partial charge in [-0.25, -0.2) is 0 Å². The number of nitro groups is 1. The lowest BCUT2D eigenvalue weighted by Crippen LogP contribution is -2.48. The third kappa shape index (κ3) is 5.85. The number of benzene rings is 3. The Morgan fingerprint density at radius 1 is 1.02 bits per heavy atom. The van der Waals surface area contributed by atoms with Crippen molar-refractivity contribution in [2.24, 2.45) is 0 Å². The minimum Gasteiger partial charge on any atom is -0.493 e. The van der Waals surface area contributed by atoms with E-state index < -0.39 is 4.92 Å². The molecule has 11 heteroatoms. The number of rotatable bonds is 7. The van der Waals surface area contributed by atoms with E-state index in [0.29, 0.717) is 60.4 Å². The highest BCUT2D eigenvalue weighted by Gasteiger charge is 2.29. The second-order valence-corrected chi connectivity index (χ2v) is 10.6. The molecule has 3 aromatic carbocycles. The first-order valence-electron chi connectivity index (χ1n) is 13.2. The summed E-state index contributed by atoms with van der Waals surface area (Å²) in [5.74, 6) is 0.994. The first kappa shape index (κ1) is 28.0. The van der Waals surface area contributed by atoms with Crippen molar-refractivity contribution in [2.45, 2.75) is 11.8 Å². The van der Waals surface area contributed by atoms with Crippen molar-refractivity contribution in [2.75, 3.05) is 56.7 Å². The van der Waals surface area contributed by atoms with Gasteiger partial charge in [-0.15, -0.1) is 0 Å². The fraction of sp³-hybridized carbons (Fsp3) is 0.267. The maximum atomic E-state index is 13.4. The highest BCUT2D eigenvalue weighted by molar-refractivity contribution is 8.04. The molecule has 5 rings (SSSR count). The van der Waals surface area contributed by atoms with Crippen molar-refractivity contribution in [3.8, 4) is 11.5 Å². The molecule has 0 aromatic heterocycles. The molecule has 2 heterocycles. The summed E-state index contributed by atoms with van der Waals surface area (Å²) < 4.78 is 11.0. The fourth-order valence-electron chi connectivity index (χ4n) is 4.86. The van der Waals surface area contributed by atoms with Crippen molar-refractivity contribution >= 4 is 46.7 Å². The topological polar surface area (TPSA) is 105 Å². The van der Waals surface area contributed by atoms with E-state index >= 15 is 0 Å². The lowest BCUT2D eigenvalue weighted by molar-refractivity contribution is -0.384. The molecular formula is C30H30N4O6S. The zero-order valence-corrected chi connectivity index (χ0v) is 23.8. The molecule has 2 amide bonds. The number of non-ortho nitro benzene ring substituents is 1. The van der Waals surface area contributed by atoms with Gasteiger partial charge in [0.05, 0.1) is 29.2 Å². The van der Waals surface area contributed by atoms with Gasteiger partial charge in [0.25, 0.3) is 17.5 Å². The van der Waals surface area contributed by atoms with Crippen molar-refractivity contribution in [1.82, 2.24) is 4.90 Å². The van der Waals surface area contributed by atoms with Crippen LogP contribution < -0.4 is 19.3 Å². The largest absolute Gasteiger partial charge is 0.493 e. The monoisotopic (exact) mass is 574 g/mol. The van der Waals surface area contributed by atoms with Gasteiger partial charge < -0.3 is 24.2 Å². The van der Waals surface area contributed by atoms with Gasteiger partial charge in [0.2, 0.25) is 0 Å². The molecule has 1 saturated heterocycles. The van der Waals surface area contributed by atoms with E-state index in [4.69, 9.17) is 9.47 Å². The molecule has 0 N–H and O–H groups in total. The molecule has 10 nitrogen and oxygen atoms in total. The molecule has 0 spiro atoms. The van der Waals surface area contributed by atoms with Crippen molar-refractivity contribution < 1.29 is 24.0 Å². The van der Waals surface area contributed by atoms with Crippen LogP contribution in [0.1, 0.15) is 22.8 Å². The van der Waals surface area contributed by atoms with E-state index in [9.17, 15) is 19.7 Å².